The minimum Gasteiger partial charge on any atom is -0.378 e. The van der Waals surface area contributed by atoms with Crippen molar-refractivity contribution >= 4 is 27.4 Å². The Bertz CT molecular complexity index is 583. The highest BCUT2D eigenvalue weighted by molar-refractivity contribution is 7.89. The van der Waals surface area contributed by atoms with E-state index in [1.807, 2.05) is 20.8 Å². The van der Waals surface area contributed by atoms with E-state index in [2.05, 4.69) is 0 Å². The van der Waals surface area contributed by atoms with Gasteiger partial charge in [0.25, 0.3) is 0 Å². The summed E-state index contributed by atoms with van der Waals surface area (Å²) in [6, 6.07) is 3.03. The molecule has 1 aromatic rings. The van der Waals surface area contributed by atoms with Gasteiger partial charge < -0.3 is 8.92 Å². The molecule has 0 amide bonds. The predicted octanol–water partition coefficient (Wildman–Crippen LogP) is 2.82. The Labute approximate surface area is 129 Å². The van der Waals surface area contributed by atoms with Crippen LogP contribution in [0, 0.1) is 11.3 Å². The van der Waals surface area contributed by atoms with Crippen LogP contribution in [0.1, 0.15) is 33.6 Å². The fraction of sp³-hybridized carbons (Fsp3) is 0.643. The highest BCUT2D eigenvalue weighted by atomic mass is 32.3. The smallest absolute Gasteiger partial charge is 0.351 e. The highest BCUT2D eigenvalue weighted by Gasteiger charge is 2.37. The summed E-state index contributed by atoms with van der Waals surface area (Å²) in [7, 11) is -3.99. The Kier molecular flexibility index (Phi) is 4.75. The van der Waals surface area contributed by atoms with Crippen molar-refractivity contribution < 1.29 is 22.1 Å². The molecule has 2 heterocycles. The topological polar surface area (TPSA) is 69.7 Å². The summed E-state index contributed by atoms with van der Waals surface area (Å²) in [5, 5.41) is 1.63. The molecule has 118 valence electrons. The van der Waals surface area contributed by atoms with Crippen molar-refractivity contribution in [3.8, 4) is 0 Å². The first kappa shape index (κ1) is 16.5. The summed E-state index contributed by atoms with van der Waals surface area (Å²) >= 11 is 1.03. The average Bonchev–Trinajstić information content (AvgIpc) is 2.92. The van der Waals surface area contributed by atoms with Crippen molar-refractivity contribution in [1.82, 2.24) is 0 Å². The monoisotopic (exact) mass is 332 g/mol. The Balaban J connectivity index is 2.04. The fourth-order valence-electron chi connectivity index (χ4n) is 2.24. The van der Waals surface area contributed by atoms with Crippen molar-refractivity contribution in [2.45, 2.75) is 43.9 Å². The van der Waals surface area contributed by atoms with Gasteiger partial charge in [0.2, 0.25) is 0 Å². The molecule has 1 saturated heterocycles. The van der Waals surface area contributed by atoms with Gasteiger partial charge in [0.15, 0.2) is 4.21 Å². The summed E-state index contributed by atoms with van der Waals surface area (Å²) < 4.78 is 34.4. The lowest BCUT2D eigenvalue weighted by Crippen LogP contribution is -2.39. The van der Waals surface area contributed by atoms with E-state index in [0.717, 1.165) is 11.3 Å². The van der Waals surface area contributed by atoms with E-state index in [1.165, 1.54) is 6.07 Å². The molecular formula is C14H20O5S2. The molecule has 1 fully saturated rings. The van der Waals surface area contributed by atoms with Crippen LogP contribution in [0.2, 0.25) is 0 Å². The molecule has 1 aromatic heterocycles. The number of thiophene rings is 1. The van der Waals surface area contributed by atoms with Crippen molar-refractivity contribution in [2.75, 3.05) is 6.61 Å². The van der Waals surface area contributed by atoms with E-state index >= 15 is 0 Å². The summed E-state index contributed by atoms with van der Waals surface area (Å²) in [5.41, 5.74) is -0.0917. The first-order chi connectivity index (χ1) is 9.70. The lowest BCUT2D eigenvalue weighted by molar-refractivity contribution is -0.146. The van der Waals surface area contributed by atoms with Crippen LogP contribution in [0.5, 0.6) is 0 Å². The Morgan fingerprint density at radius 1 is 1.43 bits per heavy atom. The standard InChI is InChI=1S/C14H20O5S2/c1-14(2,3)11-9-10(6-7-18-11)13(15)19-21(16,17)12-5-4-8-20-12/h4-5,8,10-11H,6-7,9H2,1-3H3. The van der Waals surface area contributed by atoms with Gasteiger partial charge in [0.1, 0.15) is 0 Å². The summed E-state index contributed by atoms with van der Waals surface area (Å²) in [5.74, 6) is -1.11. The van der Waals surface area contributed by atoms with Gasteiger partial charge in [-0.05, 0) is 29.7 Å². The molecule has 5 nitrogen and oxygen atoms in total. The number of ether oxygens (including phenoxy) is 1. The van der Waals surface area contributed by atoms with E-state index in [4.69, 9.17) is 8.92 Å². The van der Waals surface area contributed by atoms with Crippen LogP contribution < -0.4 is 0 Å². The third-order valence-electron chi connectivity index (χ3n) is 3.52. The van der Waals surface area contributed by atoms with Crippen molar-refractivity contribution in [3.05, 3.63) is 17.5 Å². The molecule has 7 heteroatoms. The van der Waals surface area contributed by atoms with E-state index in [9.17, 15) is 13.2 Å². The van der Waals surface area contributed by atoms with Crippen LogP contribution in [0.25, 0.3) is 0 Å². The third kappa shape index (κ3) is 4.05. The van der Waals surface area contributed by atoms with Crippen molar-refractivity contribution in [3.63, 3.8) is 0 Å². The van der Waals surface area contributed by atoms with Crippen LogP contribution in [0.3, 0.4) is 0 Å². The maximum absolute atomic E-state index is 12.1. The van der Waals surface area contributed by atoms with Crippen LogP contribution >= 0.6 is 11.3 Å². The number of hydrogen-bond donors (Lipinski definition) is 0. The molecule has 0 bridgehead atoms. The fourth-order valence-corrected chi connectivity index (χ4v) is 4.11. The molecule has 0 N–H and O–H groups in total. The average molecular weight is 332 g/mol. The normalized spacial score (nSPS) is 23.8. The summed E-state index contributed by atoms with van der Waals surface area (Å²) in [6.07, 6.45) is 0.904. The van der Waals surface area contributed by atoms with Crippen LogP contribution in [0.4, 0.5) is 0 Å². The first-order valence-electron chi connectivity index (χ1n) is 6.83. The minimum absolute atomic E-state index is 0.0512. The van der Waals surface area contributed by atoms with Gasteiger partial charge in [-0.3, -0.25) is 4.79 Å². The Hall–Kier alpha value is -0.920. The van der Waals surface area contributed by atoms with Crippen molar-refractivity contribution in [2.24, 2.45) is 11.3 Å². The van der Waals surface area contributed by atoms with Gasteiger partial charge in [-0.25, -0.2) is 0 Å². The molecule has 0 aliphatic carbocycles. The minimum atomic E-state index is -3.99. The van der Waals surface area contributed by atoms with E-state index in [1.54, 1.807) is 11.4 Å². The van der Waals surface area contributed by atoms with Gasteiger partial charge in [-0.15, -0.1) is 11.3 Å². The molecule has 21 heavy (non-hydrogen) atoms. The van der Waals surface area contributed by atoms with E-state index in [-0.39, 0.29) is 15.7 Å². The van der Waals surface area contributed by atoms with Crippen LogP contribution in [-0.2, 0) is 23.8 Å². The number of hydrogen-bond acceptors (Lipinski definition) is 6. The molecule has 0 spiro atoms. The number of carbonyl (C=O) groups is 1. The van der Waals surface area contributed by atoms with Gasteiger partial charge in [-0.1, -0.05) is 26.8 Å². The molecule has 1 aliphatic rings. The largest absolute Gasteiger partial charge is 0.378 e. The molecule has 2 atom stereocenters. The predicted molar refractivity (Wildman–Crippen MR) is 79.5 cm³/mol. The second kappa shape index (κ2) is 6.06. The van der Waals surface area contributed by atoms with Crippen LogP contribution in [-0.4, -0.2) is 27.1 Å². The number of rotatable bonds is 3. The highest BCUT2D eigenvalue weighted by Crippen LogP contribution is 2.33. The zero-order valence-corrected chi connectivity index (χ0v) is 14.0. The molecule has 1 aliphatic heterocycles. The molecular weight excluding hydrogens is 312 g/mol. The van der Waals surface area contributed by atoms with Gasteiger partial charge in [-0.2, -0.15) is 8.42 Å². The quantitative estimate of drug-likeness (QED) is 0.796. The van der Waals surface area contributed by atoms with Crippen LogP contribution in [0.15, 0.2) is 21.7 Å². The zero-order chi connectivity index (χ0) is 15.7. The number of carbonyl (C=O) groups excluding carboxylic acids is 1. The van der Waals surface area contributed by atoms with Crippen molar-refractivity contribution in [1.29, 1.82) is 0 Å². The van der Waals surface area contributed by atoms with Gasteiger partial charge in [0, 0.05) is 6.61 Å². The second-order valence-electron chi connectivity index (χ2n) is 6.24. The summed E-state index contributed by atoms with van der Waals surface area (Å²) in [4.78, 5) is 12.1. The molecule has 2 rings (SSSR count). The second-order valence-corrected chi connectivity index (χ2v) is 8.96. The van der Waals surface area contributed by atoms with Gasteiger partial charge in [0.05, 0.1) is 12.0 Å². The Morgan fingerprint density at radius 3 is 2.71 bits per heavy atom. The van der Waals surface area contributed by atoms with E-state index in [0.29, 0.717) is 19.4 Å². The third-order valence-corrected chi connectivity index (χ3v) is 6.09. The molecule has 0 aromatic carbocycles. The molecule has 2 unspecified atom stereocenters. The lowest BCUT2D eigenvalue weighted by atomic mass is 9.81. The Morgan fingerprint density at radius 2 is 2.14 bits per heavy atom. The molecule has 0 saturated carbocycles. The zero-order valence-electron chi connectivity index (χ0n) is 12.4. The maximum Gasteiger partial charge on any atom is 0.351 e. The summed E-state index contributed by atoms with van der Waals surface area (Å²) in [6.45, 7) is 6.55. The maximum atomic E-state index is 12.1. The first-order valence-corrected chi connectivity index (χ1v) is 9.12. The lowest BCUT2D eigenvalue weighted by Gasteiger charge is -2.36. The van der Waals surface area contributed by atoms with E-state index < -0.39 is 22.0 Å². The van der Waals surface area contributed by atoms with Gasteiger partial charge >= 0.3 is 16.1 Å². The SMILES string of the molecule is CC(C)(C)C1CC(C(=O)OS(=O)(=O)c2cccs2)CCO1. The molecule has 0 radical (unpaired) electrons.